The highest BCUT2D eigenvalue weighted by molar-refractivity contribution is 5.89. The van der Waals surface area contributed by atoms with Crippen molar-refractivity contribution in [3.05, 3.63) is 0 Å². The van der Waals surface area contributed by atoms with Crippen molar-refractivity contribution in [2.75, 3.05) is 0 Å². The molecule has 1 aliphatic carbocycles. The molecule has 0 atom stereocenters. The number of carboxylic acids is 1. The molecule has 4 heteroatoms. The zero-order valence-corrected chi connectivity index (χ0v) is 10.3. The summed E-state index contributed by atoms with van der Waals surface area (Å²) in [5.41, 5.74) is -1.57. The monoisotopic (exact) mass is 227 g/mol. The summed E-state index contributed by atoms with van der Waals surface area (Å²) < 4.78 is 0. The molecule has 2 N–H and O–H groups in total. The van der Waals surface area contributed by atoms with Crippen molar-refractivity contribution in [3.63, 3.8) is 0 Å². The number of nitrogens with one attached hydrogen (secondary N) is 1. The number of carbonyl (C=O) groups is 2. The zero-order valence-electron chi connectivity index (χ0n) is 10.3. The van der Waals surface area contributed by atoms with Crippen LogP contribution in [0.2, 0.25) is 0 Å². The van der Waals surface area contributed by atoms with E-state index in [2.05, 4.69) is 5.32 Å². The first-order valence-corrected chi connectivity index (χ1v) is 5.84. The second kappa shape index (κ2) is 4.44. The molecule has 0 aromatic carbocycles. The Bertz CT molecular complexity index is 285. The molecule has 1 aliphatic rings. The summed E-state index contributed by atoms with van der Waals surface area (Å²) in [7, 11) is 0. The molecule has 0 aromatic heterocycles. The summed E-state index contributed by atoms with van der Waals surface area (Å²) in [6, 6.07) is 0. The van der Waals surface area contributed by atoms with E-state index in [0.717, 1.165) is 19.3 Å². The minimum atomic E-state index is -1.03. The Balaban J connectivity index is 2.79. The fourth-order valence-electron chi connectivity index (χ4n) is 1.95. The highest BCUT2D eigenvalue weighted by Crippen LogP contribution is 2.29. The number of hydrogen-bond acceptors (Lipinski definition) is 2. The Hall–Kier alpha value is -1.06. The highest BCUT2D eigenvalue weighted by Gasteiger charge is 2.42. The van der Waals surface area contributed by atoms with E-state index in [1.165, 1.54) is 0 Å². The molecule has 0 unspecified atom stereocenters. The number of carboxylic acid groups (broad SMARTS) is 1. The van der Waals surface area contributed by atoms with Gasteiger partial charge in [0.05, 0.1) is 0 Å². The average molecular weight is 227 g/mol. The lowest BCUT2D eigenvalue weighted by molar-refractivity contribution is -0.150. The van der Waals surface area contributed by atoms with Gasteiger partial charge < -0.3 is 10.4 Å². The van der Waals surface area contributed by atoms with Gasteiger partial charge in [0.25, 0.3) is 0 Å². The van der Waals surface area contributed by atoms with Crippen LogP contribution in [0.25, 0.3) is 0 Å². The molecule has 0 aliphatic heterocycles. The van der Waals surface area contributed by atoms with Crippen LogP contribution in [-0.4, -0.2) is 22.5 Å². The van der Waals surface area contributed by atoms with Crippen LogP contribution < -0.4 is 5.32 Å². The topological polar surface area (TPSA) is 66.4 Å². The fraction of sp³-hybridized carbons (Fsp3) is 0.833. The third-order valence-electron chi connectivity index (χ3n) is 3.15. The van der Waals surface area contributed by atoms with Gasteiger partial charge in [-0.25, -0.2) is 4.79 Å². The van der Waals surface area contributed by atoms with Crippen LogP contribution in [0.15, 0.2) is 0 Å². The molecule has 0 saturated heterocycles. The lowest BCUT2D eigenvalue weighted by Crippen LogP contribution is -2.57. The van der Waals surface area contributed by atoms with E-state index >= 15 is 0 Å². The molecule has 0 bridgehead atoms. The van der Waals surface area contributed by atoms with Gasteiger partial charge in [-0.2, -0.15) is 0 Å². The summed E-state index contributed by atoms with van der Waals surface area (Å²) in [6.07, 6.45) is 3.89. The molecule has 0 aromatic rings. The van der Waals surface area contributed by atoms with E-state index in [-0.39, 0.29) is 5.91 Å². The van der Waals surface area contributed by atoms with Gasteiger partial charge in [0, 0.05) is 5.41 Å². The van der Waals surface area contributed by atoms with Crippen molar-refractivity contribution in [1.29, 1.82) is 0 Å². The second-order valence-corrected chi connectivity index (χ2v) is 5.65. The van der Waals surface area contributed by atoms with E-state index in [1.807, 2.05) is 0 Å². The molecule has 0 heterocycles. The van der Waals surface area contributed by atoms with E-state index in [1.54, 1.807) is 20.8 Å². The van der Waals surface area contributed by atoms with Gasteiger partial charge in [0.15, 0.2) is 0 Å². The lowest BCUT2D eigenvalue weighted by atomic mass is 9.80. The van der Waals surface area contributed by atoms with E-state index in [0.29, 0.717) is 12.8 Å². The van der Waals surface area contributed by atoms with Crippen molar-refractivity contribution >= 4 is 11.9 Å². The summed E-state index contributed by atoms with van der Waals surface area (Å²) in [5, 5.41) is 12.0. The van der Waals surface area contributed by atoms with E-state index in [9.17, 15) is 14.7 Å². The largest absolute Gasteiger partial charge is 0.480 e. The minimum Gasteiger partial charge on any atom is -0.480 e. The molecule has 1 rings (SSSR count). The summed E-state index contributed by atoms with van der Waals surface area (Å²) in [4.78, 5) is 23.2. The Kier molecular flexibility index (Phi) is 3.61. The third-order valence-corrected chi connectivity index (χ3v) is 3.15. The molecule has 1 fully saturated rings. The van der Waals surface area contributed by atoms with Crippen molar-refractivity contribution in [3.8, 4) is 0 Å². The maximum Gasteiger partial charge on any atom is 0.329 e. The zero-order chi connectivity index (χ0) is 12.4. The molecular formula is C12H21NO3. The second-order valence-electron chi connectivity index (χ2n) is 5.65. The normalized spacial score (nSPS) is 20.2. The Morgan fingerprint density at radius 1 is 1.12 bits per heavy atom. The third kappa shape index (κ3) is 2.74. The summed E-state index contributed by atoms with van der Waals surface area (Å²) in [6.45, 7) is 5.38. The van der Waals surface area contributed by atoms with Gasteiger partial charge in [-0.15, -0.1) is 0 Å². The lowest BCUT2D eigenvalue weighted by Gasteiger charge is -2.36. The Morgan fingerprint density at radius 2 is 1.62 bits per heavy atom. The molecule has 16 heavy (non-hydrogen) atoms. The summed E-state index contributed by atoms with van der Waals surface area (Å²) in [5.74, 6) is -1.08. The SMILES string of the molecule is CC(C)(C)C(=O)NC1(C(=O)O)CCCCC1. The predicted molar refractivity (Wildman–Crippen MR) is 61.0 cm³/mol. The van der Waals surface area contributed by atoms with Crippen LogP contribution in [0.3, 0.4) is 0 Å². The molecule has 92 valence electrons. The van der Waals surface area contributed by atoms with E-state index in [4.69, 9.17) is 0 Å². The number of hydrogen-bond donors (Lipinski definition) is 2. The number of aliphatic carboxylic acids is 1. The van der Waals surface area contributed by atoms with Crippen LogP contribution in [-0.2, 0) is 9.59 Å². The first-order chi connectivity index (χ1) is 7.28. The average Bonchev–Trinajstić information content (AvgIpc) is 2.17. The van der Waals surface area contributed by atoms with Gasteiger partial charge in [-0.1, -0.05) is 40.0 Å². The fourth-order valence-corrected chi connectivity index (χ4v) is 1.95. The molecule has 4 nitrogen and oxygen atoms in total. The van der Waals surface area contributed by atoms with Crippen LogP contribution in [0.5, 0.6) is 0 Å². The van der Waals surface area contributed by atoms with Crippen molar-refractivity contribution in [1.82, 2.24) is 5.32 Å². The quantitative estimate of drug-likeness (QED) is 0.757. The van der Waals surface area contributed by atoms with Gasteiger partial charge in [0.2, 0.25) is 5.91 Å². The highest BCUT2D eigenvalue weighted by atomic mass is 16.4. The Labute approximate surface area is 96.4 Å². The molecule has 0 radical (unpaired) electrons. The molecular weight excluding hydrogens is 206 g/mol. The van der Waals surface area contributed by atoms with Crippen molar-refractivity contribution in [2.45, 2.75) is 58.4 Å². The number of carbonyl (C=O) groups excluding carboxylic acids is 1. The van der Waals surface area contributed by atoms with Crippen LogP contribution in [0.1, 0.15) is 52.9 Å². The Morgan fingerprint density at radius 3 is 2.00 bits per heavy atom. The van der Waals surface area contributed by atoms with Crippen LogP contribution >= 0.6 is 0 Å². The maximum atomic E-state index is 11.9. The van der Waals surface area contributed by atoms with Gasteiger partial charge >= 0.3 is 5.97 Å². The van der Waals surface area contributed by atoms with Gasteiger partial charge in [0.1, 0.15) is 5.54 Å². The first kappa shape index (κ1) is 13.0. The van der Waals surface area contributed by atoms with Gasteiger partial charge in [-0.3, -0.25) is 4.79 Å². The molecule has 1 amide bonds. The predicted octanol–water partition coefficient (Wildman–Crippen LogP) is 1.94. The van der Waals surface area contributed by atoms with Crippen molar-refractivity contribution < 1.29 is 14.7 Å². The minimum absolute atomic E-state index is 0.184. The van der Waals surface area contributed by atoms with E-state index < -0.39 is 16.9 Å². The molecule has 0 spiro atoms. The van der Waals surface area contributed by atoms with Crippen LogP contribution in [0, 0.1) is 5.41 Å². The summed E-state index contributed by atoms with van der Waals surface area (Å²) >= 11 is 0. The molecule has 1 saturated carbocycles. The van der Waals surface area contributed by atoms with Crippen molar-refractivity contribution in [2.24, 2.45) is 5.41 Å². The van der Waals surface area contributed by atoms with Gasteiger partial charge in [-0.05, 0) is 12.8 Å². The maximum absolute atomic E-state index is 11.9. The standard InChI is InChI=1S/C12H21NO3/c1-11(2,3)9(14)13-12(10(15)16)7-5-4-6-8-12/h4-8H2,1-3H3,(H,13,14)(H,15,16). The smallest absolute Gasteiger partial charge is 0.329 e. The first-order valence-electron chi connectivity index (χ1n) is 5.84. The number of amides is 1. The number of rotatable bonds is 2. The van der Waals surface area contributed by atoms with Crippen LogP contribution in [0.4, 0.5) is 0 Å².